The Morgan fingerprint density at radius 2 is 1.95 bits per heavy atom. The van der Waals surface area contributed by atoms with Crippen LogP contribution < -0.4 is 0 Å². The summed E-state index contributed by atoms with van der Waals surface area (Å²) in [5.74, 6) is -0.343. The fraction of sp³-hybridized carbons (Fsp3) is 0. The molecule has 0 unspecified atom stereocenters. The van der Waals surface area contributed by atoms with Crippen LogP contribution in [0.5, 0.6) is 0 Å². The normalized spacial score (nSPS) is 10.9. The number of para-hydroxylation sites is 1. The minimum Gasteiger partial charge on any atom is -0.455 e. The highest BCUT2D eigenvalue weighted by Crippen LogP contribution is 2.35. The number of rotatable bonds is 1. The number of hydrogen-bond acceptors (Lipinski definition) is 3. The first kappa shape index (κ1) is 12.5. The minimum atomic E-state index is -0.343. The van der Waals surface area contributed by atoms with Gasteiger partial charge < -0.3 is 4.42 Å². The van der Waals surface area contributed by atoms with Gasteiger partial charge in [0.1, 0.15) is 17.0 Å². The van der Waals surface area contributed by atoms with Crippen molar-refractivity contribution in [3.05, 3.63) is 66.1 Å². The molecule has 0 saturated heterocycles. The maximum absolute atomic E-state index is 13.4. The zero-order valence-corrected chi connectivity index (χ0v) is 11.4. The molecule has 0 aliphatic carbocycles. The second-order valence-corrected chi connectivity index (χ2v) is 4.97. The zero-order chi connectivity index (χ0) is 15.1. The van der Waals surface area contributed by atoms with Crippen molar-refractivity contribution in [1.82, 2.24) is 4.98 Å². The van der Waals surface area contributed by atoms with Crippen LogP contribution >= 0.6 is 0 Å². The van der Waals surface area contributed by atoms with E-state index in [1.54, 1.807) is 12.1 Å². The molecule has 22 heavy (non-hydrogen) atoms. The van der Waals surface area contributed by atoms with Gasteiger partial charge in [-0.2, -0.15) is 5.26 Å². The van der Waals surface area contributed by atoms with Gasteiger partial charge in [-0.25, -0.2) is 4.39 Å². The molecule has 3 nitrogen and oxygen atoms in total. The summed E-state index contributed by atoms with van der Waals surface area (Å²) < 4.78 is 19.4. The summed E-state index contributed by atoms with van der Waals surface area (Å²) in [5.41, 5.74) is 3.07. The summed E-state index contributed by atoms with van der Waals surface area (Å²) in [5, 5.41) is 10.8. The first-order chi connectivity index (χ1) is 10.8. The van der Waals surface area contributed by atoms with Crippen LogP contribution in [-0.4, -0.2) is 4.98 Å². The van der Waals surface area contributed by atoms with Crippen LogP contribution in [0.1, 0.15) is 5.56 Å². The molecule has 4 rings (SSSR count). The third-order valence-corrected chi connectivity index (χ3v) is 3.63. The van der Waals surface area contributed by atoms with Crippen LogP contribution in [0.25, 0.3) is 33.2 Å². The van der Waals surface area contributed by atoms with Gasteiger partial charge in [0.15, 0.2) is 0 Å². The molecule has 104 valence electrons. The van der Waals surface area contributed by atoms with Crippen molar-refractivity contribution in [2.45, 2.75) is 0 Å². The third-order valence-electron chi connectivity index (χ3n) is 3.63. The molecule has 0 atom stereocenters. The highest BCUT2D eigenvalue weighted by atomic mass is 19.1. The van der Waals surface area contributed by atoms with Gasteiger partial charge in [0.05, 0.1) is 17.3 Å². The highest BCUT2D eigenvalue weighted by molar-refractivity contribution is 6.09. The molecule has 0 aliphatic rings. The van der Waals surface area contributed by atoms with Crippen molar-refractivity contribution in [3.63, 3.8) is 0 Å². The number of hydrogen-bond donors (Lipinski definition) is 0. The van der Waals surface area contributed by atoms with Gasteiger partial charge >= 0.3 is 0 Å². The molecule has 4 heteroatoms. The Kier molecular flexibility index (Phi) is 2.67. The minimum absolute atomic E-state index is 0.343. The summed E-state index contributed by atoms with van der Waals surface area (Å²) in [7, 11) is 0. The largest absolute Gasteiger partial charge is 0.455 e. The average molecular weight is 288 g/mol. The van der Waals surface area contributed by atoms with E-state index in [-0.39, 0.29) is 5.82 Å². The van der Waals surface area contributed by atoms with Gasteiger partial charge in [0.25, 0.3) is 0 Å². The fourth-order valence-electron chi connectivity index (χ4n) is 2.62. The summed E-state index contributed by atoms with van der Waals surface area (Å²) in [6.45, 7) is 0. The Hall–Kier alpha value is -3.19. The molecular weight excluding hydrogens is 279 g/mol. The number of aromatic nitrogens is 1. The van der Waals surface area contributed by atoms with Gasteiger partial charge in [-0.3, -0.25) is 4.98 Å². The van der Waals surface area contributed by atoms with Gasteiger partial charge in [-0.05, 0) is 30.3 Å². The molecule has 4 aromatic rings. The summed E-state index contributed by atoms with van der Waals surface area (Å²) >= 11 is 0. The van der Waals surface area contributed by atoms with Crippen LogP contribution in [0.3, 0.4) is 0 Å². The second kappa shape index (κ2) is 4.68. The molecule has 2 aromatic heterocycles. The van der Waals surface area contributed by atoms with E-state index in [1.807, 2.05) is 24.3 Å². The Labute approximate surface area is 125 Å². The van der Waals surface area contributed by atoms with Crippen molar-refractivity contribution in [2.75, 3.05) is 0 Å². The van der Waals surface area contributed by atoms with Gasteiger partial charge in [-0.1, -0.05) is 12.1 Å². The first-order valence-electron chi connectivity index (χ1n) is 6.73. The lowest BCUT2D eigenvalue weighted by atomic mass is 10.1. The fourth-order valence-corrected chi connectivity index (χ4v) is 2.62. The number of pyridine rings is 1. The lowest BCUT2D eigenvalue weighted by Crippen LogP contribution is -1.85. The number of nitrogens with zero attached hydrogens (tertiary/aromatic N) is 2. The molecule has 2 heterocycles. The molecule has 0 fully saturated rings. The average Bonchev–Trinajstić information content (AvgIpc) is 2.92. The first-order valence-corrected chi connectivity index (χ1v) is 6.73. The topological polar surface area (TPSA) is 49.8 Å². The Bertz CT molecular complexity index is 1060. The SMILES string of the molecule is N#Cc1ccc2c(c1)oc1c(-c3cc(F)ccn3)cccc12. The maximum atomic E-state index is 13.4. The Balaban J connectivity index is 2.07. The van der Waals surface area contributed by atoms with E-state index in [1.165, 1.54) is 18.3 Å². The molecule has 0 saturated carbocycles. The van der Waals surface area contributed by atoms with Gasteiger partial charge in [-0.15, -0.1) is 0 Å². The maximum Gasteiger partial charge on any atom is 0.144 e. The smallest absolute Gasteiger partial charge is 0.144 e. The van der Waals surface area contributed by atoms with Gasteiger partial charge in [0, 0.05) is 28.6 Å². The van der Waals surface area contributed by atoms with E-state index in [4.69, 9.17) is 9.68 Å². The highest BCUT2D eigenvalue weighted by Gasteiger charge is 2.13. The standard InChI is InChI=1S/C18H9FN2O/c19-12-6-7-21-16(9-12)15-3-1-2-14-13-5-4-11(10-20)8-17(13)22-18(14)15/h1-9H. The molecule has 0 spiro atoms. The lowest BCUT2D eigenvalue weighted by Gasteiger charge is -2.01. The van der Waals surface area contributed by atoms with Crippen LogP contribution in [0, 0.1) is 17.1 Å². The third kappa shape index (κ3) is 1.84. The molecule has 2 aromatic carbocycles. The molecule has 0 N–H and O–H groups in total. The van der Waals surface area contributed by atoms with E-state index in [0.717, 1.165) is 16.3 Å². The monoisotopic (exact) mass is 288 g/mol. The van der Waals surface area contributed by atoms with E-state index in [0.29, 0.717) is 22.4 Å². The van der Waals surface area contributed by atoms with Crippen LogP contribution in [0.4, 0.5) is 4.39 Å². The molecule has 0 bridgehead atoms. The van der Waals surface area contributed by atoms with E-state index in [9.17, 15) is 4.39 Å². The van der Waals surface area contributed by atoms with Crippen LogP contribution in [0.15, 0.2) is 59.1 Å². The van der Waals surface area contributed by atoms with Crippen molar-refractivity contribution >= 4 is 21.9 Å². The number of nitriles is 1. The van der Waals surface area contributed by atoms with Crippen molar-refractivity contribution in [3.8, 4) is 17.3 Å². The second-order valence-electron chi connectivity index (χ2n) is 4.97. The van der Waals surface area contributed by atoms with Gasteiger partial charge in [0.2, 0.25) is 0 Å². The van der Waals surface area contributed by atoms with Crippen LogP contribution in [-0.2, 0) is 0 Å². The predicted molar refractivity (Wildman–Crippen MR) is 81.6 cm³/mol. The quantitative estimate of drug-likeness (QED) is 0.512. The van der Waals surface area contributed by atoms with E-state index < -0.39 is 0 Å². The predicted octanol–water partition coefficient (Wildman–Crippen LogP) is 4.66. The van der Waals surface area contributed by atoms with Crippen LogP contribution in [0.2, 0.25) is 0 Å². The summed E-state index contributed by atoms with van der Waals surface area (Å²) in [6.07, 6.45) is 1.43. The number of halogens is 1. The number of benzene rings is 2. The summed E-state index contributed by atoms with van der Waals surface area (Å²) in [6, 6.07) is 15.8. The Morgan fingerprint density at radius 3 is 2.77 bits per heavy atom. The van der Waals surface area contributed by atoms with Crippen molar-refractivity contribution in [2.24, 2.45) is 0 Å². The molecule has 0 amide bonds. The number of furan rings is 1. The zero-order valence-electron chi connectivity index (χ0n) is 11.4. The van der Waals surface area contributed by atoms with E-state index >= 15 is 0 Å². The molecular formula is C18H9FN2O. The lowest BCUT2D eigenvalue weighted by molar-refractivity contribution is 0.626. The molecule has 0 aliphatic heterocycles. The molecule has 0 radical (unpaired) electrons. The number of fused-ring (bicyclic) bond motifs is 3. The van der Waals surface area contributed by atoms with Crippen molar-refractivity contribution in [1.29, 1.82) is 5.26 Å². The summed E-state index contributed by atoms with van der Waals surface area (Å²) in [4.78, 5) is 4.21. The van der Waals surface area contributed by atoms with E-state index in [2.05, 4.69) is 11.1 Å². The Morgan fingerprint density at radius 1 is 1.05 bits per heavy atom. The van der Waals surface area contributed by atoms with Crippen molar-refractivity contribution < 1.29 is 8.81 Å².